The molecule has 0 unspecified atom stereocenters. The van der Waals surface area contributed by atoms with E-state index in [2.05, 4.69) is 38.9 Å². The van der Waals surface area contributed by atoms with E-state index in [0.717, 1.165) is 47.7 Å². The number of sulfone groups is 1. The highest BCUT2D eigenvalue weighted by atomic mass is 32.2. The topological polar surface area (TPSA) is 79.0 Å². The predicted octanol–water partition coefficient (Wildman–Crippen LogP) is 3.36. The highest BCUT2D eigenvalue weighted by molar-refractivity contribution is 7.90. The Bertz CT molecular complexity index is 1170. The summed E-state index contributed by atoms with van der Waals surface area (Å²) in [5.74, 6) is 0. The number of nitrogens with zero attached hydrogens (tertiary/aromatic N) is 3. The fourth-order valence-corrected chi connectivity index (χ4v) is 4.46. The van der Waals surface area contributed by atoms with E-state index in [1.807, 2.05) is 20.0 Å². The molecule has 0 amide bonds. The highest BCUT2D eigenvalue weighted by Gasteiger charge is 2.22. The normalized spacial score (nSPS) is 14.2. The summed E-state index contributed by atoms with van der Waals surface area (Å²) in [7, 11) is -3.30. The Morgan fingerprint density at radius 3 is 2.50 bits per heavy atom. The van der Waals surface area contributed by atoms with Gasteiger partial charge in [-0.2, -0.15) is 0 Å². The van der Waals surface area contributed by atoms with Crippen LogP contribution in [-0.4, -0.2) is 36.2 Å². The number of hydrogen-bond acceptors (Lipinski definition) is 5. The van der Waals surface area contributed by atoms with Gasteiger partial charge in [-0.05, 0) is 55.7 Å². The Hall–Kier alpha value is -2.67. The summed E-state index contributed by atoms with van der Waals surface area (Å²) >= 11 is 0. The van der Waals surface area contributed by atoms with Crippen LogP contribution in [0.4, 0.5) is 5.69 Å². The number of rotatable bonds is 3. The van der Waals surface area contributed by atoms with Crippen LogP contribution in [0.5, 0.6) is 0 Å². The summed E-state index contributed by atoms with van der Waals surface area (Å²) in [6.45, 7) is 7.67. The maximum absolute atomic E-state index is 11.7. The molecular formula is C21H24N4O2S. The van der Waals surface area contributed by atoms with Crippen LogP contribution in [0.3, 0.4) is 0 Å². The molecule has 0 fully saturated rings. The van der Waals surface area contributed by atoms with Crippen molar-refractivity contribution in [3.05, 3.63) is 58.7 Å². The standard InChI is InChI=1S/C21H24N4O2S/c1-13-7-15(3)22-10-17(13)19-9-16-12-25(6-5-18(16)24-19)20-11-23-21(8-14(20)2)28(4,26)27/h7-11,24H,5-6,12H2,1-4H3. The molecule has 1 aliphatic heterocycles. The van der Waals surface area contributed by atoms with E-state index in [9.17, 15) is 8.42 Å². The van der Waals surface area contributed by atoms with Gasteiger partial charge in [-0.25, -0.2) is 13.4 Å². The minimum Gasteiger partial charge on any atom is -0.365 e. The fourth-order valence-electron chi connectivity index (χ4n) is 3.82. The molecule has 28 heavy (non-hydrogen) atoms. The molecule has 0 saturated carbocycles. The molecule has 0 bridgehead atoms. The Morgan fingerprint density at radius 2 is 1.82 bits per heavy atom. The van der Waals surface area contributed by atoms with Gasteiger partial charge in [0.05, 0.1) is 11.9 Å². The van der Waals surface area contributed by atoms with Crippen LogP contribution < -0.4 is 4.90 Å². The Morgan fingerprint density at radius 1 is 1.04 bits per heavy atom. The fraction of sp³-hybridized carbons (Fsp3) is 0.333. The molecular weight excluding hydrogens is 372 g/mol. The molecule has 3 aromatic rings. The van der Waals surface area contributed by atoms with Gasteiger partial charge in [0.25, 0.3) is 0 Å². The van der Waals surface area contributed by atoms with Crippen LogP contribution in [0.25, 0.3) is 11.3 Å². The molecule has 4 heterocycles. The van der Waals surface area contributed by atoms with Crippen molar-refractivity contribution < 1.29 is 8.42 Å². The third kappa shape index (κ3) is 3.42. The van der Waals surface area contributed by atoms with Crippen molar-refractivity contribution in [3.8, 4) is 11.3 Å². The second kappa shape index (κ2) is 6.74. The molecule has 0 aromatic carbocycles. The van der Waals surface area contributed by atoms with E-state index in [-0.39, 0.29) is 5.03 Å². The summed E-state index contributed by atoms with van der Waals surface area (Å²) in [6, 6.07) is 5.96. The molecule has 7 heteroatoms. The molecule has 6 nitrogen and oxygen atoms in total. The van der Waals surface area contributed by atoms with Gasteiger partial charge in [0.1, 0.15) is 0 Å². The third-order valence-electron chi connectivity index (χ3n) is 5.30. The molecule has 0 aliphatic carbocycles. The molecule has 146 valence electrons. The lowest BCUT2D eigenvalue weighted by molar-refractivity contribution is 0.598. The third-order valence-corrected chi connectivity index (χ3v) is 6.28. The Balaban J connectivity index is 1.63. The monoisotopic (exact) mass is 396 g/mol. The van der Waals surface area contributed by atoms with Crippen molar-refractivity contribution in [3.63, 3.8) is 0 Å². The van der Waals surface area contributed by atoms with Gasteiger partial charge in [0, 0.05) is 54.6 Å². The van der Waals surface area contributed by atoms with Gasteiger partial charge in [0.15, 0.2) is 14.9 Å². The highest BCUT2D eigenvalue weighted by Crippen LogP contribution is 2.31. The van der Waals surface area contributed by atoms with Gasteiger partial charge in [-0.1, -0.05) is 0 Å². The van der Waals surface area contributed by atoms with Crippen LogP contribution in [-0.2, 0) is 22.8 Å². The number of pyridine rings is 2. The van der Waals surface area contributed by atoms with E-state index >= 15 is 0 Å². The number of aromatic amines is 1. The first-order valence-electron chi connectivity index (χ1n) is 9.28. The van der Waals surface area contributed by atoms with E-state index < -0.39 is 9.84 Å². The lowest BCUT2D eigenvalue weighted by atomic mass is 10.0. The first-order chi connectivity index (χ1) is 13.2. The van der Waals surface area contributed by atoms with E-state index in [4.69, 9.17) is 0 Å². The second-order valence-corrected chi connectivity index (χ2v) is 9.54. The average Bonchev–Trinajstić information content (AvgIpc) is 3.03. The lowest BCUT2D eigenvalue weighted by Crippen LogP contribution is -2.30. The molecule has 0 radical (unpaired) electrons. The number of aryl methyl sites for hydroxylation is 3. The summed E-state index contributed by atoms with van der Waals surface area (Å²) in [4.78, 5) is 14.4. The van der Waals surface area contributed by atoms with Crippen molar-refractivity contribution in [2.45, 2.75) is 38.8 Å². The molecule has 4 rings (SSSR count). The van der Waals surface area contributed by atoms with Gasteiger partial charge in [-0.15, -0.1) is 0 Å². The van der Waals surface area contributed by atoms with Gasteiger partial charge >= 0.3 is 0 Å². The summed E-state index contributed by atoms with van der Waals surface area (Å²) in [6.07, 6.45) is 5.70. The summed E-state index contributed by atoms with van der Waals surface area (Å²) < 4.78 is 23.5. The number of hydrogen-bond donors (Lipinski definition) is 1. The van der Waals surface area contributed by atoms with Crippen LogP contribution in [0.1, 0.15) is 28.1 Å². The van der Waals surface area contributed by atoms with Crippen LogP contribution in [0.2, 0.25) is 0 Å². The molecule has 0 saturated heterocycles. The van der Waals surface area contributed by atoms with Crippen molar-refractivity contribution >= 4 is 15.5 Å². The summed E-state index contributed by atoms with van der Waals surface area (Å²) in [5.41, 5.74) is 8.87. The number of H-pyrrole nitrogens is 1. The first-order valence-corrected chi connectivity index (χ1v) is 11.2. The number of fused-ring (bicyclic) bond motifs is 1. The zero-order chi connectivity index (χ0) is 20.1. The van der Waals surface area contributed by atoms with Crippen molar-refractivity contribution in [1.29, 1.82) is 0 Å². The number of nitrogens with one attached hydrogen (secondary N) is 1. The predicted molar refractivity (Wildman–Crippen MR) is 110 cm³/mol. The molecule has 0 atom stereocenters. The molecule has 1 N–H and O–H groups in total. The second-order valence-electron chi connectivity index (χ2n) is 7.58. The zero-order valence-electron chi connectivity index (χ0n) is 16.6. The minimum absolute atomic E-state index is 0.123. The Labute approximate surface area is 165 Å². The van der Waals surface area contributed by atoms with Crippen molar-refractivity contribution in [2.75, 3.05) is 17.7 Å². The summed E-state index contributed by atoms with van der Waals surface area (Å²) in [5, 5.41) is 0.123. The van der Waals surface area contributed by atoms with Crippen molar-refractivity contribution in [1.82, 2.24) is 15.0 Å². The minimum atomic E-state index is -3.30. The smallest absolute Gasteiger partial charge is 0.192 e. The number of anilines is 1. The van der Waals surface area contributed by atoms with Crippen LogP contribution >= 0.6 is 0 Å². The Kier molecular flexibility index (Phi) is 4.50. The van der Waals surface area contributed by atoms with Gasteiger partial charge in [0.2, 0.25) is 0 Å². The largest absolute Gasteiger partial charge is 0.365 e. The van der Waals surface area contributed by atoms with Crippen LogP contribution in [0.15, 0.2) is 35.6 Å². The van der Waals surface area contributed by atoms with E-state index in [1.54, 1.807) is 12.3 Å². The van der Waals surface area contributed by atoms with Gasteiger partial charge < -0.3 is 9.88 Å². The quantitative estimate of drug-likeness (QED) is 0.734. The maximum Gasteiger partial charge on any atom is 0.192 e. The van der Waals surface area contributed by atoms with Crippen molar-refractivity contribution in [2.24, 2.45) is 0 Å². The first kappa shape index (κ1) is 18.7. The van der Waals surface area contributed by atoms with E-state index in [0.29, 0.717) is 0 Å². The number of aromatic nitrogens is 3. The molecule has 0 spiro atoms. The van der Waals surface area contributed by atoms with Gasteiger partial charge in [-0.3, -0.25) is 4.98 Å². The van der Waals surface area contributed by atoms with E-state index in [1.165, 1.54) is 23.1 Å². The lowest BCUT2D eigenvalue weighted by Gasteiger charge is -2.30. The molecule has 1 aliphatic rings. The maximum atomic E-state index is 11.7. The molecule has 3 aromatic heterocycles. The SMILES string of the molecule is Cc1cc(C)c(-c2cc3c([nH]2)CCN(c2cnc(S(C)(=O)=O)cc2C)C3)cn1. The zero-order valence-corrected chi connectivity index (χ0v) is 17.4. The average molecular weight is 397 g/mol. The van der Waals surface area contributed by atoms with Crippen LogP contribution in [0, 0.1) is 20.8 Å².